The Balaban J connectivity index is 1.51. The van der Waals surface area contributed by atoms with Crippen LogP contribution in [0.1, 0.15) is 12.2 Å². The number of fused-ring (bicyclic) bond motifs is 1. The quantitative estimate of drug-likeness (QED) is 0.453. The minimum atomic E-state index is -0.799. The number of hydrogen-bond acceptors (Lipinski definition) is 4. The molecule has 0 radical (unpaired) electrons. The first kappa shape index (κ1) is 21.0. The van der Waals surface area contributed by atoms with Gasteiger partial charge in [-0.05, 0) is 42.5 Å². The molecule has 0 aliphatic rings. The highest BCUT2D eigenvalue weighted by atomic mass is 19.1. The normalized spacial score (nSPS) is 10.7. The summed E-state index contributed by atoms with van der Waals surface area (Å²) in [6.07, 6.45) is -0.218. The summed E-state index contributed by atoms with van der Waals surface area (Å²) < 4.78 is 20.4. The van der Waals surface area contributed by atoms with Crippen molar-refractivity contribution in [2.24, 2.45) is 0 Å². The van der Waals surface area contributed by atoms with Crippen molar-refractivity contribution >= 4 is 34.4 Å². The Morgan fingerprint density at radius 3 is 2.53 bits per heavy atom. The molecular formula is C24H21FN4O3. The second kappa shape index (κ2) is 9.30. The van der Waals surface area contributed by atoms with E-state index in [4.69, 9.17) is 4.98 Å². The number of para-hydroxylation sites is 3. The Morgan fingerprint density at radius 2 is 1.75 bits per heavy atom. The fraction of sp³-hybridized carbons (Fsp3) is 0.125. The molecule has 4 rings (SSSR count). The minimum absolute atomic E-state index is 0.0829. The number of nitrogens with one attached hydrogen (secondary N) is 2. The third-order valence-electron chi connectivity index (χ3n) is 4.89. The van der Waals surface area contributed by atoms with E-state index in [1.165, 1.54) is 19.2 Å². The number of ether oxygens (including phenoxy) is 1. The molecule has 3 aromatic carbocycles. The van der Waals surface area contributed by atoms with Crippen LogP contribution in [0.3, 0.4) is 0 Å². The fourth-order valence-corrected chi connectivity index (χ4v) is 3.42. The molecule has 0 saturated carbocycles. The van der Waals surface area contributed by atoms with Crippen LogP contribution in [0.5, 0.6) is 0 Å². The second-order valence-corrected chi connectivity index (χ2v) is 7.05. The van der Waals surface area contributed by atoms with Crippen LogP contribution < -0.4 is 10.6 Å². The van der Waals surface area contributed by atoms with E-state index >= 15 is 0 Å². The zero-order valence-corrected chi connectivity index (χ0v) is 17.3. The Hall–Kier alpha value is -4.20. The molecule has 4 aromatic rings. The van der Waals surface area contributed by atoms with Gasteiger partial charge >= 0.3 is 6.09 Å². The average Bonchev–Trinajstić information content (AvgIpc) is 3.19. The number of carbonyl (C=O) groups excluding carboxylic acids is 2. The van der Waals surface area contributed by atoms with Crippen LogP contribution in [0.15, 0.2) is 72.8 Å². The third kappa shape index (κ3) is 4.59. The summed E-state index contributed by atoms with van der Waals surface area (Å²) in [5.41, 5.74) is 3.06. The van der Waals surface area contributed by atoms with Gasteiger partial charge < -0.3 is 10.1 Å². The molecular weight excluding hydrogens is 411 g/mol. The van der Waals surface area contributed by atoms with E-state index in [9.17, 15) is 14.0 Å². The maximum absolute atomic E-state index is 13.9. The first-order valence-corrected chi connectivity index (χ1v) is 10.0. The molecule has 32 heavy (non-hydrogen) atoms. The van der Waals surface area contributed by atoms with Crippen molar-refractivity contribution in [3.05, 3.63) is 84.4 Å². The lowest BCUT2D eigenvalue weighted by Crippen LogP contribution is -2.15. The molecule has 0 atom stereocenters. The highest BCUT2D eigenvalue weighted by Crippen LogP contribution is 2.23. The maximum Gasteiger partial charge on any atom is 0.411 e. The Bertz CT molecular complexity index is 1270. The van der Waals surface area contributed by atoms with Crippen molar-refractivity contribution in [2.45, 2.75) is 12.8 Å². The SMILES string of the molecule is COC(=O)Nc1cc(NC(=O)CCc2nc3ccccc3n2-c2ccccc2)ccc1F. The van der Waals surface area contributed by atoms with Gasteiger partial charge in [-0.1, -0.05) is 30.3 Å². The van der Waals surface area contributed by atoms with Gasteiger partial charge in [0.1, 0.15) is 11.6 Å². The van der Waals surface area contributed by atoms with E-state index in [-0.39, 0.29) is 18.0 Å². The van der Waals surface area contributed by atoms with Crippen LogP contribution in [0.2, 0.25) is 0 Å². The molecule has 0 bridgehead atoms. The summed E-state index contributed by atoms with van der Waals surface area (Å²) >= 11 is 0. The van der Waals surface area contributed by atoms with Crippen molar-refractivity contribution in [1.29, 1.82) is 0 Å². The summed E-state index contributed by atoms with van der Waals surface area (Å²) in [7, 11) is 1.18. The number of amides is 2. The lowest BCUT2D eigenvalue weighted by Gasteiger charge is -2.11. The summed E-state index contributed by atoms with van der Waals surface area (Å²) in [6.45, 7) is 0. The molecule has 0 spiro atoms. The minimum Gasteiger partial charge on any atom is -0.453 e. The van der Waals surface area contributed by atoms with Gasteiger partial charge in [0.2, 0.25) is 5.91 Å². The van der Waals surface area contributed by atoms with E-state index in [0.29, 0.717) is 12.1 Å². The molecule has 0 aliphatic heterocycles. The molecule has 2 amide bonds. The van der Waals surface area contributed by atoms with Crippen molar-refractivity contribution < 1.29 is 18.7 Å². The zero-order chi connectivity index (χ0) is 22.5. The monoisotopic (exact) mass is 432 g/mol. The first-order chi connectivity index (χ1) is 15.5. The molecule has 1 heterocycles. The second-order valence-electron chi connectivity index (χ2n) is 7.05. The van der Waals surface area contributed by atoms with Crippen molar-refractivity contribution in [3.8, 4) is 5.69 Å². The number of aryl methyl sites for hydroxylation is 1. The zero-order valence-electron chi connectivity index (χ0n) is 17.3. The number of imidazole rings is 1. The third-order valence-corrected chi connectivity index (χ3v) is 4.89. The van der Waals surface area contributed by atoms with Gasteiger partial charge in [-0.3, -0.25) is 14.7 Å². The van der Waals surface area contributed by atoms with E-state index < -0.39 is 11.9 Å². The van der Waals surface area contributed by atoms with E-state index in [1.54, 1.807) is 0 Å². The molecule has 0 fully saturated rings. The first-order valence-electron chi connectivity index (χ1n) is 10.0. The van der Waals surface area contributed by atoms with Gasteiger partial charge in [0.15, 0.2) is 0 Å². The van der Waals surface area contributed by atoms with Gasteiger partial charge in [0, 0.05) is 24.2 Å². The lowest BCUT2D eigenvalue weighted by molar-refractivity contribution is -0.116. The summed E-state index contributed by atoms with van der Waals surface area (Å²) in [5.74, 6) is -0.128. The van der Waals surface area contributed by atoms with Crippen molar-refractivity contribution in [2.75, 3.05) is 17.7 Å². The van der Waals surface area contributed by atoms with Gasteiger partial charge in [-0.15, -0.1) is 0 Å². The molecule has 8 heteroatoms. The standard InChI is InChI=1S/C24H21FN4O3/c1-32-24(31)28-20-15-16(11-12-18(20)25)26-23(30)14-13-22-27-19-9-5-6-10-21(19)29(22)17-7-3-2-4-8-17/h2-12,15H,13-14H2,1H3,(H,26,30)(H,28,31). The van der Waals surface area contributed by atoms with E-state index in [0.717, 1.165) is 28.6 Å². The molecule has 2 N–H and O–H groups in total. The smallest absolute Gasteiger partial charge is 0.411 e. The molecule has 0 aliphatic carbocycles. The fourth-order valence-electron chi connectivity index (χ4n) is 3.42. The van der Waals surface area contributed by atoms with Crippen molar-refractivity contribution in [3.63, 3.8) is 0 Å². The average molecular weight is 432 g/mol. The number of rotatable bonds is 6. The molecule has 0 unspecified atom stereocenters. The Labute approximate surface area is 183 Å². The van der Waals surface area contributed by atoms with E-state index in [1.807, 2.05) is 59.2 Å². The van der Waals surface area contributed by atoms with Crippen LogP contribution >= 0.6 is 0 Å². The number of carbonyl (C=O) groups is 2. The lowest BCUT2D eigenvalue weighted by atomic mass is 10.2. The Morgan fingerprint density at radius 1 is 1.00 bits per heavy atom. The molecule has 1 aromatic heterocycles. The van der Waals surface area contributed by atoms with Crippen LogP contribution in [0.25, 0.3) is 16.7 Å². The predicted octanol–water partition coefficient (Wildman–Crippen LogP) is 4.91. The van der Waals surface area contributed by atoms with Gasteiger partial charge in [0.05, 0.1) is 23.8 Å². The highest BCUT2D eigenvalue weighted by Gasteiger charge is 2.14. The summed E-state index contributed by atoms with van der Waals surface area (Å²) in [4.78, 5) is 28.6. The van der Waals surface area contributed by atoms with Crippen molar-refractivity contribution in [1.82, 2.24) is 9.55 Å². The van der Waals surface area contributed by atoms with Crippen LogP contribution in [-0.2, 0) is 16.0 Å². The number of methoxy groups -OCH3 is 1. The molecule has 7 nitrogen and oxygen atoms in total. The van der Waals surface area contributed by atoms with Crippen LogP contribution in [0, 0.1) is 5.82 Å². The number of aromatic nitrogens is 2. The summed E-state index contributed by atoms with van der Waals surface area (Å²) in [5, 5.41) is 5.00. The molecule has 0 saturated heterocycles. The van der Waals surface area contributed by atoms with E-state index in [2.05, 4.69) is 15.4 Å². The number of halogens is 1. The number of hydrogen-bond donors (Lipinski definition) is 2. The van der Waals surface area contributed by atoms with Crippen LogP contribution in [-0.4, -0.2) is 28.7 Å². The molecule has 162 valence electrons. The number of anilines is 2. The number of benzene rings is 3. The highest BCUT2D eigenvalue weighted by molar-refractivity contribution is 5.92. The van der Waals surface area contributed by atoms with Gasteiger partial charge in [-0.2, -0.15) is 0 Å². The van der Waals surface area contributed by atoms with Gasteiger partial charge in [-0.25, -0.2) is 14.2 Å². The largest absolute Gasteiger partial charge is 0.453 e. The topological polar surface area (TPSA) is 85.2 Å². The van der Waals surface area contributed by atoms with Crippen LogP contribution in [0.4, 0.5) is 20.6 Å². The Kier molecular flexibility index (Phi) is 6.12. The predicted molar refractivity (Wildman–Crippen MR) is 120 cm³/mol. The maximum atomic E-state index is 13.9. The summed E-state index contributed by atoms with van der Waals surface area (Å²) in [6, 6.07) is 21.6. The van der Waals surface area contributed by atoms with Gasteiger partial charge in [0.25, 0.3) is 0 Å². The number of nitrogens with zero attached hydrogens (tertiary/aromatic N) is 2.